The highest BCUT2D eigenvalue weighted by molar-refractivity contribution is 6.30. The number of rotatable bonds is 5. The third-order valence-corrected chi connectivity index (χ3v) is 5.68. The van der Waals surface area contributed by atoms with E-state index < -0.39 is 0 Å². The predicted octanol–water partition coefficient (Wildman–Crippen LogP) is 3.47. The lowest BCUT2D eigenvalue weighted by molar-refractivity contribution is -0.133. The van der Waals surface area contributed by atoms with Crippen molar-refractivity contribution >= 4 is 17.3 Å². The van der Waals surface area contributed by atoms with Crippen molar-refractivity contribution in [1.29, 1.82) is 0 Å². The van der Waals surface area contributed by atoms with E-state index in [0.29, 0.717) is 17.1 Å². The highest BCUT2D eigenvalue weighted by Crippen LogP contribution is 2.23. The van der Waals surface area contributed by atoms with Gasteiger partial charge in [0, 0.05) is 43.2 Å². The van der Waals surface area contributed by atoms with Gasteiger partial charge >= 0.3 is 0 Å². The smallest absolute Gasteiger partial charge is 0.277 e. The second kappa shape index (κ2) is 9.00. The average Bonchev–Trinajstić information content (AvgIpc) is 2.76. The van der Waals surface area contributed by atoms with Gasteiger partial charge in [0.05, 0.1) is 24.7 Å². The number of hydroxylamine groups is 2. The zero-order valence-electron chi connectivity index (χ0n) is 17.2. The summed E-state index contributed by atoms with van der Waals surface area (Å²) < 4.78 is 1.43. The van der Waals surface area contributed by atoms with Gasteiger partial charge in [-0.05, 0) is 30.7 Å². The summed E-state index contributed by atoms with van der Waals surface area (Å²) in [4.78, 5) is 21.1. The van der Waals surface area contributed by atoms with E-state index in [1.54, 1.807) is 25.4 Å². The minimum Gasteiger partial charge on any atom is -0.367 e. The van der Waals surface area contributed by atoms with Crippen LogP contribution in [0.4, 0.5) is 5.69 Å². The summed E-state index contributed by atoms with van der Waals surface area (Å²) in [5, 5.41) is 6.98. The van der Waals surface area contributed by atoms with Crippen molar-refractivity contribution in [2.24, 2.45) is 0 Å². The molecule has 0 amide bonds. The Hall–Kier alpha value is -2.67. The summed E-state index contributed by atoms with van der Waals surface area (Å²) in [5.41, 5.74) is 4.45. The van der Waals surface area contributed by atoms with Gasteiger partial charge in [0.2, 0.25) is 0 Å². The van der Waals surface area contributed by atoms with Crippen molar-refractivity contribution in [3.8, 4) is 5.69 Å². The summed E-state index contributed by atoms with van der Waals surface area (Å²) in [5.74, 6) is 0. The van der Waals surface area contributed by atoms with Gasteiger partial charge in [-0.15, -0.1) is 0 Å². The third-order valence-electron chi connectivity index (χ3n) is 5.45. The number of benzene rings is 2. The molecule has 3 aromatic rings. The summed E-state index contributed by atoms with van der Waals surface area (Å²) in [6.45, 7) is 5.16. The molecule has 0 atom stereocenters. The van der Waals surface area contributed by atoms with E-state index in [-0.39, 0.29) is 5.56 Å². The number of aromatic nitrogens is 2. The molecule has 1 fully saturated rings. The van der Waals surface area contributed by atoms with Crippen molar-refractivity contribution in [1.82, 2.24) is 14.8 Å². The van der Waals surface area contributed by atoms with E-state index in [1.807, 2.05) is 17.2 Å². The zero-order valence-corrected chi connectivity index (χ0v) is 18.0. The number of hydrogen-bond acceptors (Lipinski definition) is 5. The average molecular weight is 425 g/mol. The molecule has 1 saturated heterocycles. The van der Waals surface area contributed by atoms with Gasteiger partial charge in [0.25, 0.3) is 5.56 Å². The van der Waals surface area contributed by atoms with Gasteiger partial charge in [0.15, 0.2) is 0 Å². The maximum absolute atomic E-state index is 13.5. The Morgan fingerprint density at radius 3 is 2.47 bits per heavy atom. The van der Waals surface area contributed by atoms with Crippen LogP contribution in [-0.2, 0) is 11.3 Å². The van der Waals surface area contributed by atoms with Crippen molar-refractivity contribution in [3.05, 3.63) is 86.8 Å². The van der Waals surface area contributed by atoms with Crippen molar-refractivity contribution in [2.75, 3.05) is 38.2 Å². The molecule has 2 aromatic carbocycles. The van der Waals surface area contributed by atoms with Crippen LogP contribution >= 0.6 is 11.6 Å². The summed E-state index contributed by atoms with van der Waals surface area (Å²) in [6.07, 6.45) is 2.34. The molecule has 1 aliphatic heterocycles. The first-order chi connectivity index (χ1) is 14.5. The molecule has 7 heteroatoms. The third kappa shape index (κ3) is 4.41. The highest BCUT2D eigenvalue weighted by Gasteiger charge is 2.22. The van der Waals surface area contributed by atoms with Crippen LogP contribution in [0.2, 0.25) is 5.02 Å². The maximum Gasteiger partial charge on any atom is 0.277 e. The summed E-state index contributed by atoms with van der Waals surface area (Å²) >= 11 is 6.14. The number of halogens is 1. The van der Waals surface area contributed by atoms with E-state index in [2.05, 4.69) is 41.2 Å². The molecule has 0 aliphatic carbocycles. The van der Waals surface area contributed by atoms with E-state index in [0.717, 1.165) is 43.0 Å². The van der Waals surface area contributed by atoms with E-state index in [9.17, 15) is 4.79 Å². The molecular formula is C23H25ClN4O2. The van der Waals surface area contributed by atoms with Crippen LogP contribution in [0.5, 0.6) is 0 Å². The van der Waals surface area contributed by atoms with Crippen LogP contribution in [0.15, 0.2) is 59.5 Å². The highest BCUT2D eigenvalue weighted by atomic mass is 35.5. The fraction of sp³-hybridized carbons (Fsp3) is 0.304. The Labute approximate surface area is 181 Å². The molecule has 0 bridgehead atoms. The first-order valence-electron chi connectivity index (χ1n) is 10.0. The standard InChI is InChI=1S/C23H25ClN4O2/c1-17-6-8-18(9-7-17)14-21-22(26-10-12-27(30-2)13-11-26)16-25-28(23(21)29)20-5-3-4-19(24)15-20/h3-9,15-16H,10-14H2,1-2H3. The minimum absolute atomic E-state index is 0.121. The largest absolute Gasteiger partial charge is 0.367 e. The van der Waals surface area contributed by atoms with Gasteiger partial charge < -0.3 is 9.74 Å². The molecule has 156 valence electrons. The van der Waals surface area contributed by atoms with Gasteiger partial charge in [-0.2, -0.15) is 14.8 Å². The molecule has 6 nitrogen and oxygen atoms in total. The summed E-state index contributed by atoms with van der Waals surface area (Å²) in [6, 6.07) is 15.5. The van der Waals surface area contributed by atoms with Crippen LogP contribution < -0.4 is 10.5 Å². The monoisotopic (exact) mass is 424 g/mol. The fourth-order valence-electron chi connectivity index (χ4n) is 3.73. The second-order valence-corrected chi connectivity index (χ2v) is 7.90. The Balaban J connectivity index is 1.76. The normalized spacial score (nSPS) is 14.8. The predicted molar refractivity (Wildman–Crippen MR) is 120 cm³/mol. The molecule has 2 heterocycles. The van der Waals surface area contributed by atoms with Crippen LogP contribution in [-0.4, -0.2) is 48.1 Å². The van der Waals surface area contributed by atoms with E-state index >= 15 is 0 Å². The van der Waals surface area contributed by atoms with Crippen molar-refractivity contribution in [2.45, 2.75) is 13.3 Å². The molecule has 0 spiro atoms. The van der Waals surface area contributed by atoms with Crippen LogP contribution in [0.25, 0.3) is 5.69 Å². The Morgan fingerprint density at radius 2 is 1.80 bits per heavy atom. The first-order valence-corrected chi connectivity index (χ1v) is 10.4. The zero-order chi connectivity index (χ0) is 21.1. The van der Waals surface area contributed by atoms with Gasteiger partial charge in [-0.3, -0.25) is 4.79 Å². The molecule has 1 aromatic heterocycles. The number of piperazine rings is 1. The molecule has 0 saturated carbocycles. The molecule has 4 rings (SSSR count). The molecule has 30 heavy (non-hydrogen) atoms. The van der Waals surface area contributed by atoms with E-state index in [4.69, 9.17) is 16.4 Å². The number of anilines is 1. The van der Waals surface area contributed by atoms with E-state index in [1.165, 1.54) is 10.2 Å². The van der Waals surface area contributed by atoms with Crippen LogP contribution in [0, 0.1) is 6.92 Å². The van der Waals surface area contributed by atoms with Gasteiger partial charge in [-0.25, -0.2) is 0 Å². The lowest BCUT2D eigenvalue weighted by Crippen LogP contribution is -2.46. The fourth-order valence-corrected chi connectivity index (χ4v) is 3.92. The summed E-state index contributed by atoms with van der Waals surface area (Å²) in [7, 11) is 1.69. The molecule has 0 unspecified atom stereocenters. The quantitative estimate of drug-likeness (QED) is 0.627. The number of nitrogens with zero attached hydrogens (tertiary/aromatic N) is 4. The Kier molecular flexibility index (Phi) is 6.18. The lowest BCUT2D eigenvalue weighted by Gasteiger charge is -2.35. The minimum atomic E-state index is -0.121. The molecule has 0 radical (unpaired) electrons. The second-order valence-electron chi connectivity index (χ2n) is 7.47. The van der Waals surface area contributed by atoms with Gasteiger partial charge in [-0.1, -0.05) is 47.5 Å². The van der Waals surface area contributed by atoms with Gasteiger partial charge in [0.1, 0.15) is 0 Å². The SMILES string of the molecule is CON1CCN(c2cnn(-c3cccc(Cl)c3)c(=O)c2Cc2ccc(C)cc2)CC1. The Bertz CT molecular complexity index is 1070. The van der Waals surface area contributed by atoms with Crippen LogP contribution in [0.1, 0.15) is 16.7 Å². The number of aryl methyl sites for hydroxylation is 1. The van der Waals surface area contributed by atoms with Crippen molar-refractivity contribution < 1.29 is 4.84 Å². The number of hydrogen-bond donors (Lipinski definition) is 0. The van der Waals surface area contributed by atoms with Crippen LogP contribution in [0.3, 0.4) is 0 Å². The first kappa shape index (κ1) is 20.6. The molecular weight excluding hydrogens is 400 g/mol. The lowest BCUT2D eigenvalue weighted by atomic mass is 10.0. The molecule has 1 aliphatic rings. The molecule has 0 N–H and O–H groups in total. The Morgan fingerprint density at radius 1 is 1.07 bits per heavy atom. The van der Waals surface area contributed by atoms with Crippen molar-refractivity contribution in [3.63, 3.8) is 0 Å². The maximum atomic E-state index is 13.5. The topological polar surface area (TPSA) is 50.6 Å².